The van der Waals surface area contributed by atoms with Gasteiger partial charge in [0, 0.05) is 47.7 Å². The normalized spacial score (nSPS) is 22.3. The van der Waals surface area contributed by atoms with Crippen LogP contribution in [0.5, 0.6) is 5.75 Å². The highest BCUT2D eigenvalue weighted by Crippen LogP contribution is 2.65. The number of fused-ring (bicyclic) bond motifs is 3. The number of methoxy groups -OCH3 is 1. The summed E-state index contributed by atoms with van der Waals surface area (Å²) in [7, 11) is 1.65. The summed E-state index contributed by atoms with van der Waals surface area (Å²) in [6.07, 6.45) is 0.780. The fourth-order valence-electron chi connectivity index (χ4n) is 5.74. The molecule has 4 heterocycles. The van der Waals surface area contributed by atoms with Crippen molar-refractivity contribution in [2.45, 2.75) is 24.7 Å². The number of benzene rings is 2. The Bertz CT molecular complexity index is 1550. The number of carbonyl (C=O) groups is 1. The summed E-state index contributed by atoms with van der Waals surface area (Å²) >= 11 is 1.98. The maximum atomic E-state index is 13.0. The molecule has 37 heavy (non-hydrogen) atoms. The average molecular weight is 514 g/mol. The first-order valence-electron chi connectivity index (χ1n) is 12.5. The molecule has 1 saturated carbocycles. The Morgan fingerprint density at radius 1 is 1.14 bits per heavy atom. The third kappa shape index (κ3) is 3.61. The van der Waals surface area contributed by atoms with Gasteiger partial charge in [-0.15, -0.1) is 0 Å². The molecule has 1 aliphatic carbocycles. The van der Waals surface area contributed by atoms with Gasteiger partial charge in [0.05, 0.1) is 18.0 Å². The first kappa shape index (κ1) is 22.4. The number of rotatable bonds is 5. The molecule has 2 fully saturated rings. The van der Waals surface area contributed by atoms with E-state index in [0.717, 1.165) is 87.8 Å². The van der Waals surface area contributed by atoms with Crippen molar-refractivity contribution >= 4 is 51.7 Å². The zero-order valence-electron chi connectivity index (χ0n) is 20.7. The van der Waals surface area contributed by atoms with Gasteiger partial charge in [-0.2, -0.15) is 16.9 Å². The highest BCUT2D eigenvalue weighted by molar-refractivity contribution is 7.99. The van der Waals surface area contributed by atoms with Crippen LogP contribution in [0, 0.1) is 6.92 Å². The predicted octanol–water partition coefficient (Wildman–Crippen LogP) is 4.34. The monoisotopic (exact) mass is 513 g/mol. The van der Waals surface area contributed by atoms with Gasteiger partial charge in [0.25, 0.3) is 0 Å². The van der Waals surface area contributed by atoms with Crippen LogP contribution in [-0.4, -0.2) is 57.8 Å². The first-order valence-corrected chi connectivity index (χ1v) is 13.6. The van der Waals surface area contributed by atoms with Gasteiger partial charge in [-0.25, -0.2) is 9.97 Å². The molecule has 0 radical (unpaired) electrons. The molecule has 3 aliphatic rings. The van der Waals surface area contributed by atoms with Gasteiger partial charge in [0.1, 0.15) is 23.2 Å². The largest absolute Gasteiger partial charge is 0.497 e. The van der Waals surface area contributed by atoms with Crippen LogP contribution >= 0.6 is 11.8 Å². The third-order valence-electron chi connectivity index (χ3n) is 7.72. The standard InChI is InChI=1S/C27H27N7O2S/c1-15-28-23(13-24(29-15)34-7-9-37-10-8-34)31-25-18-5-3-16(11-22(18)32-33-25)20-14-27(20)19-12-17(36-2)4-6-21(19)30-26(27)35/h3-6,11-13,20H,7-10,14H2,1-2H3,(H,30,35)(H2,28,29,31,32,33)/t20-,27-/m0/s1. The molecule has 1 saturated heterocycles. The van der Waals surface area contributed by atoms with Crippen LogP contribution in [0.25, 0.3) is 10.9 Å². The van der Waals surface area contributed by atoms with Gasteiger partial charge in [-0.1, -0.05) is 6.07 Å². The average Bonchev–Trinajstić information content (AvgIpc) is 3.47. The molecule has 1 spiro atoms. The number of hydrogen-bond acceptors (Lipinski definition) is 8. The lowest BCUT2D eigenvalue weighted by Crippen LogP contribution is -2.33. The Labute approximate surface area is 218 Å². The molecule has 10 heteroatoms. The number of aromatic nitrogens is 4. The summed E-state index contributed by atoms with van der Waals surface area (Å²) < 4.78 is 5.42. The van der Waals surface area contributed by atoms with Gasteiger partial charge in [-0.05, 0) is 54.8 Å². The molecular formula is C27H27N7O2S. The van der Waals surface area contributed by atoms with Crippen molar-refractivity contribution in [2.24, 2.45) is 0 Å². The number of aryl methyl sites for hydroxylation is 1. The van der Waals surface area contributed by atoms with Crippen molar-refractivity contribution in [3.05, 3.63) is 59.4 Å². The smallest absolute Gasteiger partial charge is 0.235 e. The third-order valence-corrected chi connectivity index (χ3v) is 8.66. The van der Waals surface area contributed by atoms with E-state index in [1.165, 1.54) is 0 Å². The van der Waals surface area contributed by atoms with E-state index in [-0.39, 0.29) is 11.8 Å². The highest BCUT2D eigenvalue weighted by Gasteiger charge is 2.65. The molecule has 7 rings (SSSR count). The number of ether oxygens (including phenoxy) is 1. The lowest BCUT2D eigenvalue weighted by Gasteiger charge is -2.27. The van der Waals surface area contributed by atoms with Gasteiger partial charge in [-0.3, -0.25) is 9.89 Å². The molecule has 9 nitrogen and oxygen atoms in total. The van der Waals surface area contributed by atoms with Gasteiger partial charge in [0.15, 0.2) is 5.82 Å². The van der Waals surface area contributed by atoms with Crippen LogP contribution in [0.3, 0.4) is 0 Å². The maximum absolute atomic E-state index is 13.0. The minimum Gasteiger partial charge on any atom is -0.497 e. The Morgan fingerprint density at radius 3 is 2.84 bits per heavy atom. The summed E-state index contributed by atoms with van der Waals surface area (Å²) in [5.74, 6) is 6.29. The van der Waals surface area contributed by atoms with Crippen molar-refractivity contribution in [3.63, 3.8) is 0 Å². The van der Waals surface area contributed by atoms with Crippen LogP contribution in [-0.2, 0) is 10.2 Å². The molecule has 0 unspecified atom stereocenters. The van der Waals surface area contributed by atoms with E-state index in [9.17, 15) is 4.79 Å². The van der Waals surface area contributed by atoms with Crippen LogP contribution in [0.15, 0.2) is 42.5 Å². The zero-order valence-corrected chi connectivity index (χ0v) is 21.5. The molecule has 188 valence electrons. The summed E-state index contributed by atoms with van der Waals surface area (Å²) in [4.78, 5) is 24.6. The van der Waals surface area contributed by atoms with E-state index in [4.69, 9.17) is 4.74 Å². The first-order chi connectivity index (χ1) is 18.0. The second kappa shape index (κ2) is 8.37. The summed E-state index contributed by atoms with van der Waals surface area (Å²) in [5, 5.41) is 15.1. The highest BCUT2D eigenvalue weighted by atomic mass is 32.2. The summed E-state index contributed by atoms with van der Waals surface area (Å²) in [5.41, 5.74) is 3.42. The maximum Gasteiger partial charge on any atom is 0.235 e. The number of hydrogen-bond donors (Lipinski definition) is 3. The fraction of sp³-hybridized carbons (Fsp3) is 0.333. The molecule has 2 aromatic carbocycles. The van der Waals surface area contributed by atoms with Crippen molar-refractivity contribution < 1.29 is 9.53 Å². The summed E-state index contributed by atoms with van der Waals surface area (Å²) in [6.45, 7) is 3.90. The number of amides is 1. The van der Waals surface area contributed by atoms with Gasteiger partial charge >= 0.3 is 0 Å². The quantitative estimate of drug-likeness (QED) is 0.362. The van der Waals surface area contributed by atoms with Crippen LogP contribution in [0.4, 0.5) is 23.1 Å². The van der Waals surface area contributed by atoms with E-state index in [2.05, 4.69) is 53.9 Å². The Hall–Kier alpha value is -3.79. The Morgan fingerprint density at radius 2 is 2.00 bits per heavy atom. The second-order valence-electron chi connectivity index (χ2n) is 9.85. The number of carbonyl (C=O) groups excluding carboxylic acids is 1. The number of nitrogens with zero attached hydrogens (tertiary/aromatic N) is 4. The Kier molecular flexibility index (Phi) is 5.07. The summed E-state index contributed by atoms with van der Waals surface area (Å²) in [6, 6.07) is 14.1. The lowest BCUT2D eigenvalue weighted by atomic mass is 9.91. The van der Waals surface area contributed by atoms with E-state index in [1.807, 2.05) is 43.0 Å². The molecule has 2 aromatic heterocycles. The minimum atomic E-state index is -0.527. The fourth-order valence-corrected chi connectivity index (χ4v) is 6.64. The number of H-pyrrole nitrogens is 1. The number of thioether (sulfide) groups is 1. The number of aromatic amines is 1. The van der Waals surface area contributed by atoms with Crippen molar-refractivity contribution in [1.29, 1.82) is 0 Å². The van der Waals surface area contributed by atoms with E-state index in [1.54, 1.807) is 7.11 Å². The topological polar surface area (TPSA) is 108 Å². The molecule has 0 bridgehead atoms. The lowest BCUT2D eigenvalue weighted by molar-refractivity contribution is -0.118. The second-order valence-corrected chi connectivity index (χ2v) is 11.1. The van der Waals surface area contributed by atoms with Gasteiger partial charge in [0.2, 0.25) is 5.91 Å². The molecule has 1 amide bonds. The number of nitrogens with one attached hydrogen (secondary N) is 3. The van der Waals surface area contributed by atoms with Crippen molar-refractivity contribution in [2.75, 3.05) is 47.2 Å². The van der Waals surface area contributed by atoms with E-state index < -0.39 is 5.41 Å². The Balaban J connectivity index is 1.16. The molecule has 3 N–H and O–H groups in total. The van der Waals surface area contributed by atoms with E-state index >= 15 is 0 Å². The molecule has 2 aliphatic heterocycles. The van der Waals surface area contributed by atoms with E-state index in [0.29, 0.717) is 0 Å². The van der Waals surface area contributed by atoms with Crippen molar-refractivity contribution in [3.8, 4) is 5.75 Å². The number of anilines is 4. The molecule has 4 aromatic rings. The van der Waals surface area contributed by atoms with Crippen LogP contribution < -0.4 is 20.3 Å². The molecule has 2 atom stereocenters. The van der Waals surface area contributed by atoms with Crippen LogP contribution in [0.1, 0.15) is 29.3 Å². The van der Waals surface area contributed by atoms with Crippen molar-refractivity contribution in [1.82, 2.24) is 20.2 Å². The minimum absolute atomic E-state index is 0.0649. The SMILES string of the molecule is COc1ccc2c(c1)[C@]1(C[C@H]1c1ccc3c(Nc4cc(N5CCSCC5)nc(C)n4)n[nH]c3c1)C(=O)N2. The van der Waals surface area contributed by atoms with Crippen LogP contribution in [0.2, 0.25) is 0 Å². The van der Waals surface area contributed by atoms with Gasteiger partial charge < -0.3 is 20.3 Å². The zero-order chi connectivity index (χ0) is 25.1. The molecular weight excluding hydrogens is 486 g/mol. The predicted molar refractivity (Wildman–Crippen MR) is 146 cm³/mol.